The Morgan fingerprint density at radius 1 is 0.700 bits per heavy atom. The van der Waals surface area contributed by atoms with Crippen LogP contribution in [0.1, 0.15) is 0 Å². The van der Waals surface area contributed by atoms with Crippen LogP contribution in [-0.4, -0.2) is 37.9 Å². The van der Waals surface area contributed by atoms with E-state index >= 15 is 0 Å². The summed E-state index contributed by atoms with van der Waals surface area (Å²) in [6.45, 7) is 0. The van der Waals surface area contributed by atoms with E-state index in [0.717, 1.165) is 0 Å². The van der Waals surface area contributed by atoms with Gasteiger partial charge < -0.3 is 14.0 Å². The van der Waals surface area contributed by atoms with Gasteiger partial charge in [0.05, 0.1) is 18.6 Å². The third-order valence-corrected chi connectivity index (χ3v) is 2.10. The van der Waals surface area contributed by atoms with Crippen LogP contribution in [0, 0.1) is 0 Å². The van der Waals surface area contributed by atoms with Crippen LogP contribution in [0.15, 0.2) is 36.8 Å². The molecule has 11 heteroatoms. The fraction of sp³-hybridized carbons (Fsp3) is 0. The second-order valence-electron chi connectivity index (χ2n) is 3.40. The Balaban J connectivity index is 0.00000147. The standard InChI is InChI=1S/C9H9BN6O3.Mo/c1-4-11-14-7(1)17-10(18-8-2-5-12-15-8)19-9-3-6-13-16-9;/h1-6H,(H,11,14)(H,12,15)(H,13,16);. The largest absolute Gasteiger partial charge is 0.867 e. The van der Waals surface area contributed by atoms with Crippen LogP contribution in [0.3, 0.4) is 0 Å². The molecule has 0 spiro atoms. The molecule has 9 nitrogen and oxygen atoms in total. The Labute approximate surface area is 127 Å². The third-order valence-electron chi connectivity index (χ3n) is 2.10. The van der Waals surface area contributed by atoms with Crippen LogP contribution in [0.4, 0.5) is 0 Å². The van der Waals surface area contributed by atoms with Crippen molar-refractivity contribution in [2.45, 2.75) is 0 Å². The van der Waals surface area contributed by atoms with Crippen LogP contribution in [0.25, 0.3) is 0 Å². The summed E-state index contributed by atoms with van der Waals surface area (Å²) in [5, 5.41) is 19.2. The Kier molecular flexibility index (Phi) is 4.83. The van der Waals surface area contributed by atoms with Gasteiger partial charge in [0.15, 0.2) is 17.6 Å². The molecule has 0 atom stereocenters. The van der Waals surface area contributed by atoms with Crippen LogP contribution in [-0.2, 0) is 21.1 Å². The molecule has 20 heavy (non-hydrogen) atoms. The van der Waals surface area contributed by atoms with Crippen molar-refractivity contribution < 1.29 is 35.0 Å². The summed E-state index contributed by atoms with van der Waals surface area (Å²) in [6, 6.07) is 4.92. The van der Waals surface area contributed by atoms with Crippen molar-refractivity contribution in [1.82, 2.24) is 30.6 Å². The van der Waals surface area contributed by atoms with E-state index in [1.807, 2.05) is 0 Å². The molecule has 0 aliphatic heterocycles. The Morgan fingerprint density at radius 3 is 1.30 bits per heavy atom. The fourth-order valence-corrected chi connectivity index (χ4v) is 1.31. The van der Waals surface area contributed by atoms with Gasteiger partial charge >= 0.3 is 7.32 Å². The average molecular weight is 356 g/mol. The zero-order valence-electron chi connectivity index (χ0n) is 10.0. The van der Waals surface area contributed by atoms with Crippen LogP contribution in [0.2, 0.25) is 0 Å². The molecule has 102 valence electrons. The topological polar surface area (TPSA) is 114 Å². The van der Waals surface area contributed by atoms with E-state index in [1.165, 1.54) is 0 Å². The van der Waals surface area contributed by atoms with E-state index in [-0.39, 0.29) is 21.1 Å². The van der Waals surface area contributed by atoms with Gasteiger partial charge in [-0.2, -0.15) is 15.3 Å². The number of H-pyrrole nitrogens is 3. The molecule has 3 N–H and O–H groups in total. The first-order valence-corrected chi connectivity index (χ1v) is 5.38. The van der Waals surface area contributed by atoms with E-state index in [0.29, 0.717) is 17.6 Å². The maximum atomic E-state index is 5.44. The predicted molar refractivity (Wildman–Crippen MR) is 63.4 cm³/mol. The maximum Gasteiger partial charge on any atom is 0.867 e. The van der Waals surface area contributed by atoms with Gasteiger partial charge in [-0.15, -0.1) is 0 Å². The maximum absolute atomic E-state index is 5.44. The van der Waals surface area contributed by atoms with Crippen molar-refractivity contribution >= 4 is 7.32 Å². The minimum Gasteiger partial charge on any atom is -0.475 e. The van der Waals surface area contributed by atoms with Crippen LogP contribution >= 0.6 is 0 Å². The molecule has 3 aromatic heterocycles. The average Bonchev–Trinajstić information content (AvgIpc) is 3.10. The smallest absolute Gasteiger partial charge is 0.475 e. The van der Waals surface area contributed by atoms with Gasteiger partial charge in [-0.1, -0.05) is 0 Å². The molecular weight excluding hydrogens is 347 g/mol. The number of aromatic amines is 3. The predicted octanol–water partition coefficient (Wildman–Crippen LogP) is 0.375. The van der Waals surface area contributed by atoms with E-state index < -0.39 is 7.32 Å². The first kappa shape index (κ1) is 14.2. The van der Waals surface area contributed by atoms with E-state index in [9.17, 15) is 0 Å². The van der Waals surface area contributed by atoms with Crippen molar-refractivity contribution in [3.8, 4) is 17.6 Å². The number of rotatable bonds is 6. The second kappa shape index (κ2) is 6.81. The minimum atomic E-state index is -1.03. The van der Waals surface area contributed by atoms with Crippen molar-refractivity contribution in [3.63, 3.8) is 0 Å². The van der Waals surface area contributed by atoms with Gasteiger partial charge in [0, 0.05) is 39.3 Å². The van der Waals surface area contributed by atoms with Gasteiger partial charge in [-0.3, -0.25) is 0 Å². The fourth-order valence-electron chi connectivity index (χ4n) is 1.31. The number of hydrogen-bond donors (Lipinski definition) is 3. The van der Waals surface area contributed by atoms with Crippen molar-refractivity contribution in [2.24, 2.45) is 0 Å². The normalized spacial score (nSPS) is 9.60. The van der Waals surface area contributed by atoms with Gasteiger partial charge in [-0.05, 0) is 0 Å². The first-order chi connectivity index (χ1) is 9.40. The quantitative estimate of drug-likeness (QED) is 0.550. The minimum absolute atomic E-state index is 0. The van der Waals surface area contributed by atoms with Crippen LogP contribution < -0.4 is 14.0 Å². The molecule has 3 aromatic rings. The molecule has 0 radical (unpaired) electrons. The monoisotopic (exact) mass is 358 g/mol. The van der Waals surface area contributed by atoms with Gasteiger partial charge in [-0.25, -0.2) is 15.3 Å². The van der Waals surface area contributed by atoms with Gasteiger partial charge in [0.1, 0.15) is 0 Å². The first-order valence-electron chi connectivity index (χ1n) is 5.38. The molecule has 0 aromatic carbocycles. The zero-order valence-corrected chi connectivity index (χ0v) is 12.0. The number of aromatic nitrogens is 6. The third kappa shape index (κ3) is 3.64. The number of hydrogen-bond acceptors (Lipinski definition) is 6. The Hall–Kier alpha value is -2.22. The molecule has 3 heterocycles. The van der Waals surface area contributed by atoms with Gasteiger partial charge in [0.25, 0.3) is 0 Å². The molecular formula is C9H9BMoN6O3. The summed E-state index contributed by atoms with van der Waals surface area (Å²) in [5.74, 6) is 1.22. The van der Waals surface area contributed by atoms with E-state index in [2.05, 4.69) is 30.6 Å². The van der Waals surface area contributed by atoms with Crippen molar-refractivity contribution in [2.75, 3.05) is 0 Å². The molecule has 0 aliphatic carbocycles. The van der Waals surface area contributed by atoms with Crippen molar-refractivity contribution in [3.05, 3.63) is 36.8 Å². The molecule has 3 rings (SSSR count). The molecule has 0 saturated carbocycles. The summed E-state index contributed by atoms with van der Waals surface area (Å²) in [4.78, 5) is 0. The molecule has 0 fully saturated rings. The molecule has 0 saturated heterocycles. The van der Waals surface area contributed by atoms with Crippen molar-refractivity contribution in [1.29, 1.82) is 0 Å². The Bertz CT molecular complexity index is 501. The summed E-state index contributed by atoms with van der Waals surface area (Å²) in [7, 11) is -1.03. The zero-order chi connectivity index (χ0) is 12.9. The second-order valence-corrected chi connectivity index (χ2v) is 3.40. The van der Waals surface area contributed by atoms with E-state index in [1.54, 1.807) is 36.8 Å². The summed E-state index contributed by atoms with van der Waals surface area (Å²) >= 11 is 0. The summed E-state index contributed by atoms with van der Waals surface area (Å²) < 4.78 is 16.3. The molecule has 0 bridgehead atoms. The van der Waals surface area contributed by atoms with Crippen LogP contribution in [0.5, 0.6) is 17.6 Å². The number of nitrogens with one attached hydrogen (secondary N) is 3. The van der Waals surface area contributed by atoms with Gasteiger partial charge in [0.2, 0.25) is 0 Å². The molecule has 0 amide bonds. The summed E-state index contributed by atoms with van der Waals surface area (Å²) in [5.41, 5.74) is 0. The molecule has 0 unspecified atom stereocenters. The summed E-state index contributed by atoms with van der Waals surface area (Å²) in [6.07, 6.45) is 4.66. The SMILES string of the molecule is [Mo].c1cc(OB(Oc2ccn[nH]2)Oc2ccn[nH]2)[nH]n1. The molecule has 0 aliphatic rings. The Morgan fingerprint density at radius 2 is 1.05 bits per heavy atom. The number of nitrogens with zero attached hydrogens (tertiary/aromatic N) is 3. The van der Waals surface area contributed by atoms with E-state index in [4.69, 9.17) is 14.0 Å².